The van der Waals surface area contributed by atoms with Crippen molar-refractivity contribution in [1.82, 2.24) is 14.7 Å². The third kappa shape index (κ3) is 3.78. The van der Waals surface area contributed by atoms with Crippen molar-refractivity contribution in [2.24, 2.45) is 0 Å². The van der Waals surface area contributed by atoms with E-state index in [1.807, 2.05) is 31.2 Å². The summed E-state index contributed by atoms with van der Waals surface area (Å²) in [6.45, 7) is 2.49. The predicted octanol–water partition coefficient (Wildman–Crippen LogP) is 4.48. The molecule has 0 spiro atoms. The molecule has 9 nitrogen and oxygen atoms in total. The Hall–Kier alpha value is -4.21. The summed E-state index contributed by atoms with van der Waals surface area (Å²) in [6, 6.07) is 15.3. The molecule has 10 heteroatoms. The summed E-state index contributed by atoms with van der Waals surface area (Å²) < 4.78 is 31.7. The molecule has 1 atom stereocenters. The second-order valence-electron chi connectivity index (χ2n) is 7.72. The third-order valence-electron chi connectivity index (χ3n) is 5.09. The van der Waals surface area contributed by atoms with Crippen molar-refractivity contribution in [3.05, 3.63) is 76.7 Å². The van der Waals surface area contributed by atoms with Crippen LogP contribution < -0.4 is 9.47 Å². The molecule has 0 bridgehead atoms. The monoisotopic (exact) mass is 436 g/mol. The van der Waals surface area contributed by atoms with Crippen LogP contribution in [0, 0.1) is 15.9 Å². The highest BCUT2D eigenvalue weighted by Crippen LogP contribution is 2.32. The molecule has 2 aromatic heterocycles. The van der Waals surface area contributed by atoms with Crippen LogP contribution in [0.5, 0.6) is 11.8 Å². The maximum absolute atomic E-state index is 13.1. The Balaban J connectivity index is 1.22. The minimum absolute atomic E-state index is 0.209. The largest absolute Gasteiger partial charge is 0.489 e. The third-order valence-corrected chi connectivity index (χ3v) is 5.09. The number of imidazole rings is 1. The minimum Gasteiger partial charge on any atom is -0.489 e. The Morgan fingerprint density at radius 2 is 1.91 bits per heavy atom. The lowest BCUT2D eigenvalue weighted by Crippen LogP contribution is -2.38. The van der Waals surface area contributed by atoms with Crippen LogP contribution in [0.1, 0.15) is 6.92 Å². The molecular weight excluding hydrogens is 419 g/mol. The van der Waals surface area contributed by atoms with Gasteiger partial charge in [-0.1, -0.05) is 5.16 Å². The molecule has 1 aliphatic heterocycles. The number of halogens is 1. The zero-order valence-corrected chi connectivity index (χ0v) is 16.9. The second kappa shape index (κ2) is 7.49. The normalized spacial score (nSPS) is 17.1. The maximum Gasteiger partial charge on any atom is 0.415 e. The summed E-state index contributed by atoms with van der Waals surface area (Å²) in [6.07, 6.45) is 1.35. The number of hydrogen-bond donors (Lipinski definition) is 0. The highest BCUT2D eigenvalue weighted by molar-refractivity contribution is 5.67. The number of rotatable bonds is 6. The molecule has 1 aliphatic rings. The fraction of sp³-hybridized carbons (Fsp3) is 0.182. The van der Waals surface area contributed by atoms with Crippen LogP contribution in [-0.2, 0) is 6.54 Å². The van der Waals surface area contributed by atoms with E-state index in [1.54, 1.807) is 22.8 Å². The zero-order valence-electron chi connectivity index (χ0n) is 16.9. The van der Waals surface area contributed by atoms with Crippen LogP contribution in [-0.4, -0.2) is 31.8 Å². The van der Waals surface area contributed by atoms with Crippen molar-refractivity contribution in [2.75, 3.05) is 6.61 Å². The van der Waals surface area contributed by atoms with Crippen LogP contribution in [0.3, 0.4) is 0 Å². The summed E-state index contributed by atoms with van der Waals surface area (Å²) >= 11 is 0. The van der Waals surface area contributed by atoms with E-state index >= 15 is 0 Å². The average Bonchev–Trinajstić information content (AvgIpc) is 3.47. The molecular formula is C22H17FN4O5. The van der Waals surface area contributed by atoms with Gasteiger partial charge in [-0.2, -0.15) is 0 Å². The molecule has 0 amide bonds. The van der Waals surface area contributed by atoms with E-state index in [4.69, 9.17) is 14.0 Å². The first-order valence-corrected chi connectivity index (χ1v) is 9.75. The molecule has 3 heterocycles. The molecule has 4 aromatic rings. The van der Waals surface area contributed by atoms with Crippen LogP contribution in [0.15, 0.2) is 65.3 Å². The molecule has 0 radical (unpaired) electrons. The van der Waals surface area contributed by atoms with E-state index in [2.05, 4.69) is 10.1 Å². The van der Waals surface area contributed by atoms with E-state index in [-0.39, 0.29) is 24.3 Å². The SMILES string of the molecule is C[C@]1(COc2ccc(-c3cc(-c4ccc(F)cc4)on3)cc2)Cn2cc([N+](=O)[O-])nc2O1. The van der Waals surface area contributed by atoms with Gasteiger partial charge in [0.2, 0.25) is 0 Å². The number of fused-ring (bicyclic) bond motifs is 1. The van der Waals surface area contributed by atoms with Crippen LogP contribution >= 0.6 is 0 Å². The molecule has 0 saturated heterocycles. The molecule has 0 saturated carbocycles. The van der Waals surface area contributed by atoms with E-state index < -0.39 is 10.5 Å². The van der Waals surface area contributed by atoms with E-state index in [0.717, 1.165) is 11.1 Å². The molecule has 162 valence electrons. The highest BCUT2D eigenvalue weighted by Gasteiger charge is 2.41. The van der Waals surface area contributed by atoms with Crippen molar-refractivity contribution in [1.29, 1.82) is 0 Å². The molecule has 0 aliphatic carbocycles. The average molecular weight is 436 g/mol. The van der Waals surface area contributed by atoms with Gasteiger partial charge in [0, 0.05) is 22.2 Å². The molecule has 0 fully saturated rings. The van der Waals surface area contributed by atoms with E-state index in [0.29, 0.717) is 23.7 Å². The second-order valence-corrected chi connectivity index (χ2v) is 7.72. The summed E-state index contributed by atoms with van der Waals surface area (Å²) in [5.41, 5.74) is 1.53. The number of nitro groups is 1. The van der Waals surface area contributed by atoms with Crippen LogP contribution in [0.4, 0.5) is 10.2 Å². The van der Waals surface area contributed by atoms with Crippen molar-refractivity contribution in [3.63, 3.8) is 0 Å². The van der Waals surface area contributed by atoms with Gasteiger partial charge in [-0.3, -0.25) is 4.57 Å². The molecule has 32 heavy (non-hydrogen) atoms. The summed E-state index contributed by atoms with van der Waals surface area (Å²) in [5.74, 6) is 0.627. The number of nitrogens with zero attached hydrogens (tertiary/aromatic N) is 4. The summed E-state index contributed by atoms with van der Waals surface area (Å²) in [5, 5.41) is 14.9. The fourth-order valence-corrected chi connectivity index (χ4v) is 3.48. The maximum atomic E-state index is 13.1. The Kier molecular flexibility index (Phi) is 4.62. The van der Waals surface area contributed by atoms with Crippen molar-refractivity contribution in [3.8, 4) is 34.3 Å². The topological polar surface area (TPSA) is 105 Å². The van der Waals surface area contributed by atoms with Gasteiger partial charge in [0.1, 0.15) is 30.1 Å². The van der Waals surface area contributed by atoms with Gasteiger partial charge in [0.05, 0.1) is 6.54 Å². The van der Waals surface area contributed by atoms with Crippen molar-refractivity contribution < 1.29 is 23.3 Å². The quantitative estimate of drug-likeness (QED) is 0.324. The Labute approximate surface area is 181 Å². The van der Waals surface area contributed by atoms with E-state index in [9.17, 15) is 14.5 Å². The number of benzene rings is 2. The lowest BCUT2D eigenvalue weighted by Gasteiger charge is -2.22. The Morgan fingerprint density at radius 1 is 1.19 bits per heavy atom. The van der Waals surface area contributed by atoms with E-state index in [1.165, 1.54) is 18.3 Å². The fourth-order valence-electron chi connectivity index (χ4n) is 3.48. The lowest BCUT2D eigenvalue weighted by atomic mass is 10.1. The van der Waals surface area contributed by atoms with Gasteiger partial charge in [-0.05, 0) is 60.4 Å². The summed E-state index contributed by atoms with van der Waals surface area (Å²) in [7, 11) is 0. The lowest BCUT2D eigenvalue weighted by molar-refractivity contribution is -0.389. The Bertz CT molecular complexity index is 1260. The van der Waals surface area contributed by atoms with Gasteiger partial charge in [0.25, 0.3) is 0 Å². The van der Waals surface area contributed by atoms with Crippen LogP contribution in [0.2, 0.25) is 0 Å². The van der Waals surface area contributed by atoms with Gasteiger partial charge in [-0.25, -0.2) is 4.39 Å². The Morgan fingerprint density at radius 3 is 2.59 bits per heavy atom. The first-order chi connectivity index (χ1) is 15.4. The van der Waals surface area contributed by atoms with Crippen molar-refractivity contribution >= 4 is 5.82 Å². The molecule has 5 rings (SSSR count). The van der Waals surface area contributed by atoms with Crippen molar-refractivity contribution in [2.45, 2.75) is 19.1 Å². The number of ether oxygens (including phenoxy) is 2. The smallest absolute Gasteiger partial charge is 0.415 e. The standard InChI is InChI=1S/C22H17FN4O5/c1-22(12-26-11-20(27(28)29)24-21(26)31-22)13-30-17-8-4-14(5-9-17)18-10-19(32-25-18)15-2-6-16(23)7-3-15/h2-11H,12-13H2,1H3/t22-/m1/s1. The molecule has 0 N–H and O–H groups in total. The van der Waals surface area contributed by atoms with Gasteiger partial charge < -0.3 is 24.1 Å². The first-order valence-electron chi connectivity index (χ1n) is 9.75. The number of hydrogen-bond acceptors (Lipinski definition) is 7. The van der Waals surface area contributed by atoms with Gasteiger partial charge in [0.15, 0.2) is 11.4 Å². The van der Waals surface area contributed by atoms with Crippen LogP contribution in [0.25, 0.3) is 22.6 Å². The summed E-state index contributed by atoms with van der Waals surface area (Å²) in [4.78, 5) is 14.1. The number of aromatic nitrogens is 3. The highest BCUT2D eigenvalue weighted by atomic mass is 19.1. The zero-order chi connectivity index (χ0) is 22.3. The first kappa shape index (κ1) is 19.7. The van der Waals surface area contributed by atoms with Gasteiger partial charge in [-0.15, -0.1) is 0 Å². The van der Waals surface area contributed by atoms with Gasteiger partial charge >= 0.3 is 11.8 Å². The molecule has 2 aromatic carbocycles. The predicted molar refractivity (Wildman–Crippen MR) is 111 cm³/mol. The molecule has 0 unspecified atom stereocenters. The minimum atomic E-state index is -0.688.